The van der Waals surface area contributed by atoms with Gasteiger partial charge in [-0.3, -0.25) is 0 Å². The average Bonchev–Trinajstić information content (AvgIpc) is 2.31. The van der Waals surface area contributed by atoms with Gasteiger partial charge in [-0.15, -0.1) is 0 Å². The van der Waals surface area contributed by atoms with Crippen LogP contribution in [0.2, 0.25) is 10.0 Å². The molecule has 0 unspecified atom stereocenters. The zero-order chi connectivity index (χ0) is 12.3. The Morgan fingerprint density at radius 3 is 2.17 bits per heavy atom. The van der Waals surface area contributed by atoms with E-state index in [2.05, 4.69) is 6.07 Å². The summed E-state index contributed by atoms with van der Waals surface area (Å²) in [6, 6.07) is 14.1. The zero-order valence-corrected chi connectivity index (χ0v) is 14.3. The van der Waals surface area contributed by atoms with Crippen molar-refractivity contribution >= 4 is 23.2 Å². The SMILES string of the molecule is Cc1ccc(OCc2c(Cl)c[c-]cc2Cl)cc1.[Y]. The molecule has 0 spiro atoms. The van der Waals surface area contributed by atoms with Gasteiger partial charge >= 0.3 is 0 Å². The van der Waals surface area contributed by atoms with Crippen molar-refractivity contribution in [2.24, 2.45) is 0 Å². The summed E-state index contributed by atoms with van der Waals surface area (Å²) < 4.78 is 5.63. The van der Waals surface area contributed by atoms with Crippen molar-refractivity contribution in [1.82, 2.24) is 0 Å². The molecule has 4 heteroatoms. The number of rotatable bonds is 3. The van der Waals surface area contributed by atoms with Crippen molar-refractivity contribution in [3.63, 3.8) is 0 Å². The minimum atomic E-state index is 0. The monoisotopic (exact) mass is 354 g/mol. The van der Waals surface area contributed by atoms with Gasteiger partial charge in [-0.2, -0.15) is 41.4 Å². The molecule has 0 aliphatic heterocycles. The molecule has 1 nitrogen and oxygen atoms in total. The predicted molar refractivity (Wildman–Crippen MR) is 70.8 cm³/mol. The molecule has 0 aromatic heterocycles. The Balaban J connectivity index is 0.00000162. The Morgan fingerprint density at radius 2 is 1.61 bits per heavy atom. The van der Waals surface area contributed by atoms with Crippen molar-refractivity contribution in [2.75, 3.05) is 0 Å². The molecule has 0 N–H and O–H groups in total. The standard InChI is InChI=1S/C14H11Cl2O.Y/c1-10-5-7-11(8-6-10)17-9-12-13(15)3-2-4-14(12)16;/h3-8H,9H2,1H3;/q-1;. The number of hydrogen-bond acceptors (Lipinski definition) is 1. The van der Waals surface area contributed by atoms with Gasteiger partial charge in [0.25, 0.3) is 0 Å². The molecule has 1 radical (unpaired) electrons. The molecular weight excluding hydrogens is 344 g/mol. The van der Waals surface area contributed by atoms with E-state index >= 15 is 0 Å². The van der Waals surface area contributed by atoms with Crippen LogP contribution in [0.1, 0.15) is 11.1 Å². The van der Waals surface area contributed by atoms with Gasteiger partial charge < -0.3 is 4.74 Å². The normalized spacial score (nSPS) is 9.72. The molecule has 0 saturated heterocycles. The van der Waals surface area contributed by atoms with E-state index in [1.807, 2.05) is 31.2 Å². The van der Waals surface area contributed by atoms with Gasteiger partial charge in [0.05, 0.1) is 6.61 Å². The van der Waals surface area contributed by atoms with E-state index in [0.717, 1.165) is 11.3 Å². The van der Waals surface area contributed by atoms with E-state index in [1.54, 1.807) is 12.1 Å². The molecule has 91 valence electrons. The summed E-state index contributed by atoms with van der Waals surface area (Å²) in [6.45, 7) is 2.39. The number of halogens is 2. The van der Waals surface area contributed by atoms with Crippen molar-refractivity contribution in [3.05, 3.63) is 63.6 Å². The van der Waals surface area contributed by atoms with Crippen molar-refractivity contribution in [2.45, 2.75) is 13.5 Å². The zero-order valence-electron chi connectivity index (χ0n) is 9.91. The first-order chi connectivity index (χ1) is 8.16. The largest absolute Gasteiger partial charge is 0.491 e. The smallest absolute Gasteiger partial charge is 0.119 e. The Labute approximate surface area is 142 Å². The summed E-state index contributed by atoms with van der Waals surface area (Å²) in [4.78, 5) is 0. The van der Waals surface area contributed by atoms with Crippen LogP contribution in [0.4, 0.5) is 0 Å². The summed E-state index contributed by atoms with van der Waals surface area (Å²) >= 11 is 12.1. The van der Waals surface area contributed by atoms with E-state index in [0.29, 0.717) is 16.7 Å². The minimum absolute atomic E-state index is 0. The topological polar surface area (TPSA) is 9.23 Å². The number of hydrogen-bond donors (Lipinski definition) is 0. The van der Waals surface area contributed by atoms with Crippen LogP contribution in [0, 0.1) is 13.0 Å². The second-order valence-electron chi connectivity index (χ2n) is 3.73. The quantitative estimate of drug-likeness (QED) is 0.727. The number of benzene rings is 2. The van der Waals surface area contributed by atoms with Crippen LogP contribution in [-0.4, -0.2) is 0 Å². The minimum Gasteiger partial charge on any atom is -0.491 e. The third-order valence-electron chi connectivity index (χ3n) is 2.40. The summed E-state index contributed by atoms with van der Waals surface area (Å²) in [7, 11) is 0. The summed E-state index contributed by atoms with van der Waals surface area (Å²) in [5.41, 5.74) is 1.98. The summed E-state index contributed by atoms with van der Waals surface area (Å²) in [5.74, 6) is 0.801. The Bertz CT molecular complexity index is 491. The molecule has 2 rings (SSSR count). The fourth-order valence-electron chi connectivity index (χ4n) is 1.40. The summed E-state index contributed by atoms with van der Waals surface area (Å²) in [6.07, 6.45) is 0. The average molecular weight is 355 g/mol. The molecule has 0 saturated carbocycles. The fourth-order valence-corrected chi connectivity index (χ4v) is 1.89. The first-order valence-corrected chi connectivity index (χ1v) is 5.96. The van der Waals surface area contributed by atoms with Gasteiger partial charge in [-0.05, 0) is 19.1 Å². The molecule has 2 aromatic carbocycles. The van der Waals surface area contributed by atoms with Crippen LogP contribution >= 0.6 is 23.2 Å². The third kappa shape index (κ3) is 4.24. The van der Waals surface area contributed by atoms with Crippen LogP contribution in [0.15, 0.2) is 36.4 Å². The van der Waals surface area contributed by atoms with Gasteiger partial charge in [-0.25, -0.2) is 0 Å². The van der Waals surface area contributed by atoms with Crippen molar-refractivity contribution < 1.29 is 37.4 Å². The molecule has 0 heterocycles. The van der Waals surface area contributed by atoms with Crippen LogP contribution in [0.3, 0.4) is 0 Å². The Kier molecular flexibility index (Phi) is 6.66. The summed E-state index contributed by atoms with van der Waals surface area (Å²) in [5, 5.41) is 1.15. The second-order valence-corrected chi connectivity index (χ2v) is 4.55. The second kappa shape index (κ2) is 7.50. The Hall–Kier alpha value is -0.0761. The van der Waals surface area contributed by atoms with Gasteiger partial charge in [0.1, 0.15) is 5.75 Å². The van der Waals surface area contributed by atoms with E-state index in [-0.39, 0.29) is 32.7 Å². The first-order valence-electron chi connectivity index (χ1n) is 5.20. The maximum Gasteiger partial charge on any atom is 0.119 e. The molecular formula is C14H11Cl2OY-. The fraction of sp³-hybridized carbons (Fsp3) is 0.143. The van der Waals surface area contributed by atoms with Gasteiger partial charge in [-0.1, -0.05) is 33.3 Å². The molecule has 0 atom stereocenters. The molecule has 2 aromatic rings. The van der Waals surface area contributed by atoms with Gasteiger partial charge in [0.15, 0.2) is 0 Å². The molecule has 18 heavy (non-hydrogen) atoms. The predicted octanol–water partition coefficient (Wildman–Crippen LogP) is 4.68. The van der Waals surface area contributed by atoms with Crippen LogP contribution in [0.5, 0.6) is 5.75 Å². The first kappa shape index (κ1) is 16.0. The molecule has 0 aliphatic carbocycles. The van der Waals surface area contributed by atoms with Crippen molar-refractivity contribution in [3.8, 4) is 5.75 Å². The van der Waals surface area contributed by atoms with E-state index in [4.69, 9.17) is 27.9 Å². The number of aryl methyl sites for hydroxylation is 1. The molecule has 0 bridgehead atoms. The number of ether oxygens (including phenoxy) is 1. The Morgan fingerprint density at radius 1 is 1.06 bits per heavy atom. The maximum absolute atomic E-state index is 6.03. The van der Waals surface area contributed by atoms with E-state index < -0.39 is 0 Å². The van der Waals surface area contributed by atoms with Crippen LogP contribution in [-0.2, 0) is 39.3 Å². The van der Waals surface area contributed by atoms with E-state index in [1.165, 1.54) is 5.56 Å². The maximum atomic E-state index is 6.03. The third-order valence-corrected chi connectivity index (χ3v) is 3.08. The van der Waals surface area contributed by atoms with E-state index in [9.17, 15) is 0 Å². The molecule has 0 amide bonds. The molecule has 0 fully saturated rings. The van der Waals surface area contributed by atoms with Gasteiger partial charge in [0, 0.05) is 32.7 Å². The van der Waals surface area contributed by atoms with Gasteiger partial charge in [0.2, 0.25) is 0 Å². The van der Waals surface area contributed by atoms with Crippen LogP contribution in [0.25, 0.3) is 0 Å². The van der Waals surface area contributed by atoms with Crippen molar-refractivity contribution in [1.29, 1.82) is 0 Å². The molecule has 0 aliphatic rings. The van der Waals surface area contributed by atoms with Crippen LogP contribution < -0.4 is 4.74 Å².